The number of hydrogen-bond acceptors (Lipinski definition) is 9. The van der Waals surface area contributed by atoms with E-state index < -0.39 is 17.6 Å². The van der Waals surface area contributed by atoms with E-state index >= 15 is 0 Å². The molecule has 0 unspecified atom stereocenters. The van der Waals surface area contributed by atoms with Gasteiger partial charge in [-0.05, 0) is 70.6 Å². The van der Waals surface area contributed by atoms with Gasteiger partial charge in [-0.2, -0.15) is 0 Å². The highest BCUT2D eigenvalue weighted by Gasteiger charge is 2.53. The summed E-state index contributed by atoms with van der Waals surface area (Å²) in [5.74, 6) is 1.67. The maximum absolute atomic E-state index is 14.8. The molecule has 6 aromatic rings. The Labute approximate surface area is 361 Å². The van der Waals surface area contributed by atoms with Gasteiger partial charge in [-0.15, -0.1) is 0 Å². The van der Waals surface area contributed by atoms with Gasteiger partial charge in [0.15, 0.2) is 23.1 Å². The smallest absolute Gasteiger partial charge is 0.266 e. The lowest BCUT2D eigenvalue weighted by molar-refractivity contribution is -0.129. The molecular weight excluding hydrogens is 781 g/mol. The van der Waals surface area contributed by atoms with Gasteiger partial charge in [0.2, 0.25) is 5.90 Å². The second-order valence-corrected chi connectivity index (χ2v) is 14.5. The number of amides is 1. The number of carbonyl (C=O) groups is 1. The number of aliphatic imine (C=N–C) groups is 1. The Kier molecular flexibility index (Phi) is 15.0. The number of carbonyl (C=O) groups excluding carboxylic acids is 1. The third-order valence-electron chi connectivity index (χ3n) is 10.2. The minimum absolute atomic E-state index is 0.0301. The minimum Gasteiger partial charge on any atom is -0.494 e. The molecule has 0 aromatic heterocycles. The first kappa shape index (κ1) is 42.7. The van der Waals surface area contributed by atoms with Crippen molar-refractivity contribution in [3.05, 3.63) is 208 Å². The Morgan fingerprint density at radius 1 is 0.790 bits per heavy atom. The summed E-state index contributed by atoms with van der Waals surface area (Å²) in [6.45, 7) is 1.54. The quantitative estimate of drug-likeness (QED) is 0.0214. The summed E-state index contributed by atoms with van der Waals surface area (Å²) in [7, 11) is 0. The van der Waals surface area contributed by atoms with Crippen LogP contribution in [0.3, 0.4) is 0 Å². The Hall–Kier alpha value is -7.37. The first-order chi connectivity index (χ1) is 30.5. The van der Waals surface area contributed by atoms with E-state index in [1.54, 1.807) is 30.3 Å². The van der Waals surface area contributed by atoms with E-state index in [1.165, 1.54) is 0 Å². The highest BCUT2D eigenvalue weighted by Crippen LogP contribution is 2.45. The number of nitrogens with one attached hydrogen (secondary N) is 2. The van der Waals surface area contributed by atoms with Crippen LogP contribution < -0.4 is 25.1 Å². The second kappa shape index (κ2) is 21.8. The molecule has 0 fully saturated rings. The van der Waals surface area contributed by atoms with E-state index in [1.807, 2.05) is 140 Å². The predicted octanol–water partition coefficient (Wildman–Crippen LogP) is 9.77. The van der Waals surface area contributed by atoms with Crippen molar-refractivity contribution in [1.82, 2.24) is 10.9 Å². The van der Waals surface area contributed by atoms with Crippen molar-refractivity contribution in [1.29, 1.82) is 0 Å². The summed E-state index contributed by atoms with van der Waals surface area (Å²) in [6.07, 6.45) is 4.06. The normalized spacial score (nSPS) is 15.6. The van der Waals surface area contributed by atoms with Crippen molar-refractivity contribution in [3.63, 3.8) is 0 Å². The highest BCUT2D eigenvalue weighted by molar-refractivity contribution is 6.01. The molecule has 7 rings (SSSR count). The highest BCUT2D eigenvalue weighted by atomic mass is 16.5. The number of aliphatic hydroxyl groups excluding tert-OH is 1. The van der Waals surface area contributed by atoms with Crippen molar-refractivity contribution in [3.8, 4) is 17.2 Å². The largest absolute Gasteiger partial charge is 0.494 e. The number of benzene rings is 6. The summed E-state index contributed by atoms with van der Waals surface area (Å²) in [6, 6.07) is 49.8. The standard InChI is InChI=1S/C50H48N6O6/c51-56-54-44-22-11-10-21-43(44)47-50(30-12-20-37-14-4-1-5-15-37,53-48(62-47)41-24-26-42(27-25-41)59-33-13-32-57)49(58)55-52-31-29-38-23-28-45(60-35-39-16-6-2-7-17-39)46(34-38)61-36-40-18-8-3-9-19-40/h1-12,14-28,34,47,52,57H,13,29-33,35-36H2,(H,55,58)/b20-12+/t47-,50-/m0/s1. The lowest BCUT2D eigenvalue weighted by Gasteiger charge is -2.30. The Bertz CT molecular complexity index is 2480. The first-order valence-electron chi connectivity index (χ1n) is 20.5. The van der Waals surface area contributed by atoms with Crippen LogP contribution in [0, 0.1) is 0 Å². The molecule has 3 N–H and O–H groups in total. The fraction of sp³-hybridized carbons (Fsp3) is 0.200. The number of ether oxygens (including phenoxy) is 4. The van der Waals surface area contributed by atoms with Crippen LogP contribution in [0.1, 0.15) is 52.3 Å². The zero-order chi connectivity index (χ0) is 42.8. The molecule has 62 heavy (non-hydrogen) atoms. The molecule has 1 heterocycles. The van der Waals surface area contributed by atoms with Crippen molar-refractivity contribution in [2.75, 3.05) is 19.8 Å². The molecule has 12 heteroatoms. The SMILES string of the molecule is [N-]=[N+]=Nc1ccccc1[C@@H]1OC(c2ccc(OCCCO)cc2)=N[C@]1(C/C=C/c1ccccc1)C(=O)NNCCc1ccc(OCc2ccccc2)c(OCc2ccccc2)c1. The molecular formula is C50H48N6O6. The van der Waals surface area contributed by atoms with Gasteiger partial charge >= 0.3 is 0 Å². The molecule has 0 spiro atoms. The van der Waals surface area contributed by atoms with E-state index in [-0.39, 0.29) is 18.9 Å². The molecule has 1 aliphatic heterocycles. The molecule has 1 aliphatic rings. The second-order valence-electron chi connectivity index (χ2n) is 14.5. The molecule has 314 valence electrons. The predicted molar refractivity (Wildman–Crippen MR) is 240 cm³/mol. The van der Waals surface area contributed by atoms with E-state index in [0.717, 1.165) is 22.3 Å². The van der Waals surface area contributed by atoms with Crippen LogP contribution in [-0.2, 0) is 29.2 Å². The molecule has 0 aliphatic carbocycles. The maximum Gasteiger partial charge on any atom is 0.266 e. The van der Waals surface area contributed by atoms with Gasteiger partial charge in [0.05, 0.1) is 6.61 Å². The van der Waals surface area contributed by atoms with Crippen molar-refractivity contribution < 1.29 is 28.8 Å². The Morgan fingerprint density at radius 3 is 2.15 bits per heavy atom. The van der Waals surface area contributed by atoms with Gasteiger partial charge in [-0.3, -0.25) is 10.2 Å². The monoisotopic (exact) mass is 828 g/mol. The average Bonchev–Trinajstić information content (AvgIpc) is 3.71. The number of rotatable bonds is 21. The molecule has 6 aromatic carbocycles. The van der Waals surface area contributed by atoms with Crippen LogP contribution in [0.25, 0.3) is 16.5 Å². The van der Waals surface area contributed by atoms with Gasteiger partial charge < -0.3 is 24.1 Å². The summed E-state index contributed by atoms with van der Waals surface area (Å²) in [5, 5.41) is 13.1. The van der Waals surface area contributed by atoms with E-state index in [4.69, 9.17) is 23.9 Å². The molecule has 0 radical (unpaired) electrons. The molecule has 0 saturated carbocycles. The Balaban J connectivity index is 1.13. The minimum atomic E-state index is -1.54. The number of hydrogen-bond donors (Lipinski definition) is 3. The van der Waals surface area contributed by atoms with E-state index in [0.29, 0.717) is 73.3 Å². The summed E-state index contributed by atoms with van der Waals surface area (Å²) < 4.78 is 24.9. The first-order valence-corrected chi connectivity index (χ1v) is 20.5. The van der Waals surface area contributed by atoms with Crippen LogP contribution in [0.5, 0.6) is 17.2 Å². The van der Waals surface area contributed by atoms with Crippen LogP contribution in [0.2, 0.25) is 0 Å². The topological polar surface area (TPSA) is 159 Å². The van der Waals surface area contributed by atoms with Crippen molar-refractivity contribution in [2.24, 2.45) is 10.1 Å². The molecule has 0 bridgehead atoms. The third kappa shape index (κ3) is 11.3. The molecule has 0 saturated heterocycles. The van der Waals surface area contributed by atoms with Gasteiger partial charge in [0.25, 0.3) is 5.91 Å². The van der Waals surface area contributed by atoms with Gasteiger partial charge in [0.1, 0.15) is 19.0 Å². The average molecular weight is 829 g/mol. The summed E-state index contributed by atoms with van der Waals surface area (Å²) in [5.41, 5.74) is 19.5. The fourth-order valence-corrected chi connectivity index (χ4v) is 6.95. The Morgan fingerprint density at radius 2 is 1.45 bits per heavy atom. The number of aliphatic hydroxyl groups is 1. The van der Waals surface area contributed by atoms with Crippen LogP contribution >= 0.6 is 0 Å². The van der Waals surface area contributed by atoms with Crippen molar-refractivity contribution >= 4 is 23.6 Å². The fourth-order valence-electron chi connectivity index (χ4n) is 6.95. The molecule has 1 amide bonds. The van der Waals surface area contributed by atoms with Gasteiger partial charge in [0, 0.05) is 47.7 Å². The third-order valence-corrected chi connectivity index (χ3v) is 10.2. The van der Waals surface area contributed by atoms with E-state index in [9.17, 15) is 15.4 Å². The number of nitrogens with zero attached hydrogens (tertiary/aromatic N) is 4. The maximum atomic E-state index is 14.8. The number of azide groups is 1. The molecule has 12 nitrogen and oxygen atoms in total. The summed E-state index contributed by atoms with van der Waals surface area (Å²) in [4.78, 5) is 22.9. The zero-order valence-electron chi connectivity index (χ0n) is 34.2. The zero-order valence-corrected chi connectivity index (χ0v) is 34.2. The number of hydrazine groups is 1. The lowest BCUT2D eigenvalue weighted by atomic mass is 9.83. The molecule has 2 atom stereocenters. The van der Waals surface area contributed by atoms with Crippen LogP contribution in [-0.4, -0.2) is 42.2 Å². The van der Waals surface area contributed by atoms with Crippen LogP contribution in [0.4, 0.5) is 5.69 Å². The lowest BCUT2D eigenvalue weighted by Crippen LogP contribution is -2.52. The van der Waals surface area contributed by atoms with Gasteiger partial charge in [-0.1, -0.05) is 139 Å². The van der Waals surface area contributed by atoms with Crippen LogP contribution in [0.15, 0.2) is 174 Å². The van der Waals surface area contributed by atoms with E-state index in [2.05, 4.69) is 20.9 Å². The van der Waals surface area contributed by atoms with Crippen molar-refractivity contribution in [2.45, 2.75) is 44.1 Å². The summed E-state index contributed by atoms with van der Waals surface area (Å²) >= 11 is 0. The van der Waals surface area contributed by atoms with Gasteiger partial charge in [-0.25, -0.2) is 10.4 Å².